The van der Waals surface area contributed by atoms with Gasteiger partial charge in [0.2, 0.25) is 5.91 Å². The summed E-state index contributed by atoms with van der Waals surface area (Å²) < 4.78 is 0. The van der Waals surface area contributed by atoms with Crippen molar-refractivity contribution in [3.8, 4) is 0 Å². The summed E-state index contributed by atoms with van der Waals surface area (Å²) in [6.07, 6.45) is 4.88. The molecule has 0 aromatic heterocycles. The zero-order valence-electron chi connectivity index (χ0n) is 11.6. The first-order valence-electron chi connectivity index (χ1n) is 6.97. The van der Waals surface area contributed by atoms with Crippen LogP contribution in [-0.4, -0.2) is 23.2 Å². The molecule has 3 nitrogen and oxygen atoms in total. The van der Waals surface area contributed by atoms with Crippen molar-refractivity contribution >= 4 is 23.6 Å². The summed E-state index contributed by atoms with van der Waals surface area (Å²) in [4.78, 5) is 12.1. The zero-order chi connectivity index (χ0) is 14.5. The van der Waals surface area contributed by atoms with Gasteiger partial charge in [0.25, 0.3) is 0 Å². The van der Waals surface area contributed by atoms with Crippen LogP contribution < -0.4 is 5.32 Å². The highest BCUT2D eigenvalue weighted by molar-refractivity contribution is 6.30. The van der Waals surface area contributed by atoms with Crippen molar-refractivity contribution in [3.63, 3.8) is 0 Å². The van der Waals surface area contributed by atoms with Crippen molar-refractivity contribution in [1.29, 1.82) is 0 Å². The molecule has 0 spiro atoms. The van der Waals surface area contributed by atoms with Gasteiger partial charge in [-0.1, -0.05) is 23.7 Å². The van der Waals surface area contributed by atoms with Crippen LogP contribution in [0.5, 0.6) is 0 Å². The lowest BCUT2D eigenvalue weighted by atomic mass is 9.93. The van der Waals surface area contributed by atoms with Gasteiger partial charge < -0.3 is 10.4 Å². The highest BCUT2D eigenvalue weighted by Gasteiger charge is 2.20. The Labute approximate surface area is 124 Å². The van der Waals surface area contributed by atoms with Crippen LogP contribution in [0.3, 0.4) is 0 Å². The summed E-state index contributed by atoms with van der Waals surface area (Å²) >= 11 is 5.83. The topological polar surface area (TPSA) is 49.3 Å². The van der Waals surface area contributed by atoms with Gasteiger partial charge in [-0.3, -0.25) is 4.79 Å². The lowest BCUT2D eigenvalue weighted by Gasteiger charge is -2.26. The zero-order valence-corrected chi connectivity index (χ0v) is 12.4. The molecule has 0 saturated heterocycles. The molecule has 2 rings (SSSR count). The Kier molecular flexibility index (Phi) is 5.21. The van der Waals surface area contributed by atoms with E-state index in [4.69, 9.17) is 11.6 Å². The summed E-state index contributed by atoms with van der Waals surface area (Å²) in [5, 5.41) is 13.2. The second-order valence-electron chi connectivity index (χ2n) is 5.36. The minimum absolute atomic E-state index is 0.0404. The van der Waals surface area contributed by atoms with E-state index in [1.807, 2.05) is 25.1 Å². The first-order chi connectivity index (χ1) is 9.54. The van der Waals surface area contributed by atoms with E-state index < -0.39 is 0 Å². The van der Waals surface area contributed by atoms with Crippen molar-refractivity contribution in [2.24, 2.45) is 0 Å². The molecule has 0 unspecified atom stereocenters. The standard InChI is InChI=1S/C16H20ClNO2/c1-11(10-12-2-4-13(17)5-3-12)16(20)18-14-6-8-15(19)9-7-14/h2-5,10,14-15,19H,6-9H2,1H3,(H,18,20)/b11-10-. The average molecular weight is 294 g/mol. The SMILES string of the molecule is C/C(=C/c1ccc(Cl)cc1)C(=O)NC1CCC(O)CC1. The van der Waals surface area contributed by atoms with Crippen LogP contribution in [0.25, 0.3) is 6.08 Å². The Morgan fingerprint density at radius 1 is 1.25 bits per heavy atom. The number of carbonyl (C=O) groups excluding carboxylic acids is 1. The highest BCUT2D eigenvalue weighted by Crippen LogP contribution is 2.19. The van der Waals surface area contributed by atoms with Crippen molar-refractivity contribution in [3.05, 3.63) is 40.4 Å². The molecule has 108 valence electrons. The normalized spacial score (nSPS) is 23.4. The first-order valence-corrected chi connectivity index (χ1v) is 7.35. The van der Waals surface area contributed by atoms with Gasteiger partial charge in [-0.15, -0.1) is 0 Å². The molecule has 0 atom stereocenters. The lowest BCUT2D eigenvalue weighted by Crippen LogP contribution is -2.38. The summed E-state index contributed by atoms with van der Waals surface area (Å²) in [5.74, 6) is -0.0404. The van der Waals surface area contributed by atoms with Crippen LogP contribution in [0.15, 0.2) is 29.8 Å². The van der Waals surface area contributed by atoms with Gasteiger partial charge in [-0.2, -0.15) is 0 Å². The second kappa shape index (κ2) is 6.91. The third-order valence-electron chi connectivity index (χ3n) is 3.64. The highest BCUT2D eigenvalue weighted by atomic mass is 35.5. The number of carbonyl (C=O) groups is 1. The molecule has 0 heterocycles. The molecule has 4 heteroatoms. The van der Waals surface area contributed by atoms with Crippen LogP contribution in [0.2, 0.25) is 5.02 Å². The van der Waals surface area contributed by atoms with Crippen LogP contribution >= 0.6 is 11.6 Å². The number of hydrogen-bond donors (Lipinski definition) is 2. The smallest absolute Gasteiger partial charge is 0.247 e. The number of hydrogen-bond acceptors (Lipinski definition) is 2. The van der Waals surface area contributed by atoms with E-state index in [9.17, 15) is 9.90 Å². The Balaban J connectivity index is 1.93. The molecule has 1 aliphatic carbocycles. The number of amides is 1. The van der Waals surface area contributed by atoms with Crippen LogP contribution in [0.1, 0.15) is 38.2 Å². The minimum Gasteiger partial charge on any atom is -0.393 e. The maximum Gasteiger partial charge on any atom is 0.247 e. The first kappa shape index (κ1) is 15.1. The predicted molar refractivity (Wildman–Crippen MR) is 81.5 cm³/mol. The van der Waals surface area contributed by atoms with Crippen molar-refractivity contribution in [2.45, 2.75) is 44.8 Å². The summed E-state index contributed by atoms with van der Waals surface area (Å²) in [6, 6.07) is 7.56. The van der Waals surface area contributed by atoms with Gasteiger partial charge in [0.1, 0.15) is 0 Å². The fourth-order valence-corrected chi connectivity index (χ4v) is 2.52. The van der Waals surface area contributed by atoms with Gasteiger partial charge in [-0.05, 0) is 56.4 Å². The molecule has 20 heavy (non-hydrogen) atoms. The number of benzene rings is 1. The number of nitrogens with one attached hydrogen (secondary N) is 1. The van der Waals surface area contributed by atoms with Gasteiger partial charge in [0.15, 0.2) is 0 Å². The Morgan fingerprint density at radius 3 is 2.45 bits per heavy atom. The van der Waals surface area contributed by atoms with E-state index in [0.29, 0.717) is 10.6 Å². The largest absolute Gasteiger partial charge is 0.393 e. The second-order valence-corrected chi connectivity index (χ2v) is 5.79. The molecule has 0 bridgehead atoms. The third kappa shape index (κ3) is 4.36. The van der Waals surface area contributed by atoms with Crippen LogP contribution in [0, 0.1) is 0 Å². The fourth-order valence-electron chi connectivity index (χ4n) is 2.39. The molecular weight excluding hydrogens is 274 g/mol. The van der Waals surface area contributed by atoms with Gasteiger partial charge in [-0.25, -0.2) is 0 Å². The minimum atomic E-state index is -0.200. The molecule has 0 radical (unpaired) electrons. The number of aliphatic hydroxyl groups excluding tert-OH is 1. The molecule has 1 saturated carbocycles. The Bertz CT molecular complexity index is 488. The summed E-state index contributed by atoms with van der Waals surface area (Å²) in [5.41, 5.74) is 1.64. The lowest BCUT2D eigenvalue weighted by molar-refractivity contribution is -0.118. The monoisotopic (exact) mass is 293 g/mol. The van der Waals surface area contributed by atoms with E-state index >= 15 is 0 Å². The maximum atomic E-state index is 12.1. The third-order valence-corrected chi connectivity index (χ3v) is 3.90. The molecular formula is C16H20ClNO2. The van der Waals surface area contributed by atoms with Crippen molar-refractivity contribution in [1.82, 2.24) is 5.32 Å². The summed E-state index contributed by atoms with van der Waals surface area (Å²) in [7, 11) is 0. The van der Waals surface area contributed by atoms with E-state index in [1.165, 1.54) is 0 Å². The molecule has 1 amide bonds. The van der Waals surface area contributed by atoms with Gasteiger partial charge in [0.05, 0.1) is 6.10 Å². The van der Waals surface area contributed by atoms with E-state index in [1.54, 1.807) is 12.1 Å². The quantitative estimate of drug-likeness (QED) is 0.841. The number of aliphatic hydroxyl groups is 1. The molecule has 1 aliphatic rings. The summed E-state index contributed by atoms with van der Waals surface area (Å²) in [6.45, 7) is 1.81. The maximum absolute atomic E-state index is 12.1. The number of halogens is 1. The molecule has 1 aromatic carbocycles. The molecule has 1 aromatic rings. The van der Waals surface area contributed by atoms with Gasteiger partial charge >= 0.3 is 0 Å². The molecule has 1 fully saturated rings. The van der Waals surface area contributed by atoms with E-state index in [2.05, 4.69) is 5.32 Å². The number of rotatable bonds is 3. The molecule has 0 aliphatic heterocycles. The average Bonchev–Trinajstić information content (AvgIpc) is 2.44. The van der Waals surface area contributed by atoms with E-state index in [-0.39, 0.29) is 18.1 Å². The van der Waals surface area contributed by atoms with Crippen molar-refractivity contribution < 1.29 is 9.90 Å². The molecule has 2 N–H and O–H groups in total. The Hall–Kier alpha value is -1.32. The van der Waals surface area contributed by atoms with Crippen LogP contribution in [-0.2, 0) is 4.79 Å². The van der Waals surface area contributed by atoms with Crippen molar-refractivity contribution in [2.75, 3.05) is 0 Å². The fraction of sp³-hybridized carbons (Fsp3) is 0.438. The Morgan fingerprint density at radius 2 is 1.85 bits per heavy atom. The predicted octanol–water partition coefficient (Wildman–Crippen LogP) is 3.16. The van der Waals surface area contributed by atoms with Gasteiger partial charge in [0, 0.05) is 16.6 Å². The van der Waals surface area contributed by atoms with Crippen LogP contribution in [0.4, 0.5) is 0 Å². The van der Waals surface area contributed by atoms with E-state index in [0.717, 1.165) is 31.2 Å².